The summed E-state index contributed by atoms with van der Waals surface area (Å²) in [5.41, 5.74) is 1.48. The van der Waals surface area contributed by atoms with Gasteiger partial charge in [0.1, 0.15) is 11.9 Å². The largest absolute Gasteiger partial charge is 0.355 e. The van der Waals surface area contributed by atoms with E-state index in [-0.39, 0.29) is 29.9 Å². The number of rotatable bonds is 5. The minimum atomic E-state index is -0.618. The van der Waals surface area contributed by atoms with E-state index in [0.717, 1.165) is 5.56 Å². The second-order valence-corrected chi connectivity index (χ2v) is 9.42. The topological polar surface area (TPSA) is 75.4 Å². The highest BCUT2D eigenvalue weighted by Crippen LogP contribution is 2.33. The lowest BCUT2D eigenvalue weighted by Gasteiger charge is -2.39. The van der Waals surface area contributed by atoms with E-state index in [1.807, 2.05) is 25.3 Å². The van der Waals surface area contributed by atoms with Crippen molar-refractivity contribution in [2.45, 2.75) is 32.4 Å². The van der Waals surface area contributed by atoms with Crippen LogP contribution in [0, 0.1) is 11.7 Å². The summed E-state index contributed by atoms with van der Waals surface area (Å²) < 4.78 is 19.1. The number of carbonyl (C=O) groups excluding carboxylic acids is 2. The molecule has 3 aromatic rings. The van der Waals surface area contributed by atoms with E-state index < -0.39 is 18.0 Å². The van der Waals surface area contributed by atoms with Gasteiger partial charge < -0.3 is 14.7 Å². The summed E-state index contributed by atoms with van der Waals surface area (Å²) >= 11 is 7.65. The van der Waals surface area contributed by atoms with Gasteiger partial charge in [-0.3, -0.25) is 9.59 Å². The molecule has 0 radical (unpaired) electrons. The molecule has 31 heavy (non-hydrogen) atoms. The maximum Gasteiger partial charge on any atom is 0.276 e. The van der Waals surface area contributed by atoms with Crippen LogP contribution in [0.2, 0.25) is 4.34 Å². The van der Waals surface area contributed by atoms with Gasteiger partial charge >= 0.3 is 0 Å². The number of thiophene rings is 1. The van der Waals surface area contributed by atoms with Crippen molar-refractivity contribution in [2.24, 2.45) is 5.92 Å². The minimum Gasteiger partial charge on any atom is -0.355 e. The third-order valence-electron chi connectivity index (χ3n) is 5.21. The molecule has 162 valence electrons. The Morgan fingerprint density at radius 2 is 2.10 bits per heavy atom. The quantitative estimate of drug-likeness (QED) is 0.585. The van der Waals surface area contributed by atoms with Gasteiger partial charge in [0.25, 0.3) is 5.91 Å². The Kier molecular flexibility index (Phi) is 6.11. The van der Waals surface area contributed by atoms with Crippen molar-refractivity contribution < 1.29 is 18.5 Å². The molecule has 6 nitrogen and oxygen atoms in total. The summed E-state index contributed by atoms with van der Waals surface area (Å²) in [4.78, 5) is 27.8. The fourth-order valence-corrected chi connectivity index (χ4v) is 4.72. The van der Waals surface area contributed by atoms with E-state index in [1.165, 1.54) is 29.5 Å². The van der Waals surface area contributed by atoms with Gasteiger partial charge in [-0.25, -0.2) is 4.39 Å². The Hall–Kier alpha value is -2.71. The van der Waals surface area contributed by atoms with Gasteiger partial charge in [0.15, 0.2) is 11.5 Å². The molecule has 2 amide bonds. The summed E-state index contributed by atoms with van der Waals surface area (Å²) in [7, 11) is 0. The number of hydrogen-bond donors (Lipinski definition) is 1. The average Bonchev–Trinajstić information content (AvgIpc) is 3.38. The number of halogens is 2. The van der Waals surface area contributed by atoms with E-state index in [9.17, 15) is 14.0 Å². The summed E-state index contributed by atoms with van der Waals surface area (Å²) in [6.45, 7) is 4.28. The Morgan fingerprint density at radius 1 is 1.35 bits per heavy atom. The molecule has 2 unspecified atom stereocenters. The van der Waals surface area contributed by atoms with E-state index in [0.29, 0.717) is 22.1 Å². The maximum absolute atomic E-state index is 13.4. The molecular weight excluding hydrogens is 441 g/mol. The molecule has 4 rings (SSSR count). The van der Waals surface area contributed by atoms with Crippen molar-refractivity contribution in [3.63, 3.8) is 0 Å². The third-order valence-corrected chi connectivity index (χ3v) is 6.41. The molecule has 9 heteroatoms. The first-order chi connectivity index (χ1) is 14.8. The van der Waals surface area contributed by atoms with Gasteiger partial charge in [-0.15, -0.1) is 11.3 Å². The van der Waals surface area contributed by atoms with Crippen LogP contribution < -0.4 is 5.32 Å². The predicted octanol–water partition coefficient (Wildman–Crippen LogP) is 4.92. The number of benzene rings is 1. The smallest absolute Gasteiger partial charge is 0.276 e. The Bertz CT molecular complexity index is 1100. The minimum absolute atomic E-state index is 0.0953. The van der Waals surface area contributed by atoms with Crippen LogP contribution in [0.4, 0.5) is 4.39 Å². The molecule has 2 aromatic heterocycles. The molecule has 1 fully saturated rings. The molecule has 2 atom stereocenters. The predicted molar refractivity (Wildman–Crippen MR) is 116 cm³/mol. The zero-order valence-corrected chi connectivity index (χ0v) is 18.5. The van der Waals surface area contributed by atoms with Gasteiger partial charge in [-0.1, -0.05) is 30.6 Å². The lowest BCUT2D eigenvalue weighted by atomic mass is 9.96. The molecule has 1 aliphatic rings. The molecule has 1 N–H and O–H groups in total. The summed E-state index contributed by atoms with van der Waals surface area (Å²) in [6.07, 6.45) is 0.518. The fourth-order valence-electron chi connectivity index (χ4n) is 3.69. The Morgan fingerprint density at radius 3 is 2.74 bits per heavy atom. The van der Waals surface area contributed by atoms with Crippen LogP contribution in [0.25, 0.3) is 11.3 Å². The van der Waals surface area contributed by atoms with Crippen LogP contribution in [0.5, 0.6) is 0 Å². The number of aromatic nitrogens is 1. The Balaban J connectivity index is 1.63. The number of amides is 2. The maximum atomic E-state index is 13.4. The van der Waals surface area contributed by atoms with Crippen molar-refractivity contribution >= 4 is 34.8 Å². The van der Waals surface area contributed by atoms with Gasteiger partial charge in [0.05, 0.1) is 10.4 Å². The van der Waals surface area contributed by atoms with Crippen molar-refractivity contribution in [2.75, 3.05) is 6.54 Å². The summed E-state index contributed by atoms with van der Waals surface area (Å²) in [5, 5.41) is 8.77. The van der Waals surface area contributed by atoms with E-state index in [2.05, 4.69) is 10.5 Å². The van der Waals surface area contributed by atoms with E-state index >= 15 is 0 Å². The molecule has 1 saturated heterocycles. The van der Waals surface area contributed by atoms with Crippen LogP contribution in [-0.2, 0) is 4.79 Å². The van der Waals surface area contributed by atoms with Crippen molar-refractivity contribution in [1.82, 2.24) is 15.4 Å². The fraction of sp³-hybridized carbons (Fsp3) is 0.318. The van der Waals surface area contributed by atoms with Crippen molar-refractivity contribution in [3.05, 3.63) is 63.2 Å². The first-order valence-electron chi connectivity index (χ1n) is 9.90. The number of carbonyl (C=O) groups is 2. The molecular formula is C22H21ClFN3O3S. The van der Waals surface area contributed by atoms with Gasteiger partial charge in [0, 0.05) is 23.7 Å². The Labute approximate surface area is 188 Å². The van der Waals surface area contributed by atoms with Crippen LogP contribution in [0.1, 0.15) is 42.4 Å². The van der Waals surface area contributed by atoms with Gasteiger partial charge in [-0.2, -0.15) is 0 Å². The number of piperazine rings is 1. The van der Waals surface area contributed by atoms with E-state index in [4.69, 9.17) is 16.1 Å². The van der Waals surface area contributed by atoms with Crippen LogP contribution in [0.3, 0.4) is 0 Å². The highest BCUT2D eigenvalue weighted by atomic mass is 35.5. The van der Waals surface area contributed by atoms with Gasteiger partial charge in [-0.05, 0) is 48.1 Å². The zero-order valence-electron chi connectivity index (χ0n) is 17.0. The first-order valence-corrected chi connectivity index (χ1v) is 11.2. The highest BCUT2D eigenvalue weighted by Gasteiger charge is 2.40. The lowest BCUT2D eigenvalue weighted by Crippen LogP contribution is -2.58. The molecule has 0 aliphatic carbocycles. The van der Waals surface area contributed by atoms with Crippen LogP contribution in [0.15, 0.2) is 46.3 Å². The lowest BCUT2D eigenvalue weighted by molar-refractivity contribution is -0.130. The third kappa shape index (κ3) is 4.50. The highest BCUT2D eigenvalue weighted by molar-refractivity contribution is 7.14. The van der Waals surface area contributed by atoms with Crippen LogP contribution in [-0.4, -0.2) is 34.5 Å². The van der Waals surface area contributed by atoms with E-state index in [1.54, 1.807) is 17.0 Å². The zero-order chi connectivity index (χ0) is 22.1. The number of nitrogens with one attached hydrogen (secondary N) is 1. The summed E-state index contributed by atoms with van der Waals surface area (Å²) in [5.74, 6) is -0.424. The molecule has 3 heterocycles. The molecule has 1 aromatic carbocycles. The van der Waals surface area contributed by atoms with Crippen molar-refractivity contribution in [1.29, 1.82) is 0 Å². The first kappa shape index (κ1) is 21.5. The van der Waals surface area contributed by atoms with Crippen molar-refractivity contribution in [3.8, 4) is 11.3 Å². The molecule has 0 saturated carbocycles. The molecule has 0 bridgehead atoms. The second-order valence-electron chi connectivity index (χ2n) is 7.90. The average molecular weight is 462 g/mol. The number of nitrogens with zero attached hydrogens (tertiary/aromatic N) is 2. The molecule has 1 aliphatic heterocycles. The number of hydrogen-bond acceptors (Lipinski definition) is 5. The SMILES string of the molecule is CC(C)CC1C(=O)NC(c2ccsc2Cl)CN1C(=O)c1cc(-c2ccc(F)cc2)on1. The van der Waals surface area contributed by atoms with Crippen LogP contribution >= 0.6 is 22.9 Å². The second kappa shape index (κ2) is 8.80. The monoisotopic (exact) mass is 461 g/mol. The standard InChI is InChI=1S/C22H21ClFN3O3S/c1-12(2)9-18-21(28)25-17(15-7-8-31-20(15)23)11-27(18)22(29)16-10-19(30-26-16)13-3-5-14(24)6-4-13/h3-8,10,12,17-18H,9,11H2,1-2H3,(H,25,28). The molecule has 0 spiro atoms. The van der Waals surface area contributed by atoms with Gasteiger partial charge in [0.2, 0.25) is 5.91 Å². The summed E-state index contributed by atoms with van der Waals surface area (Å²) in [6, 6.07) is 8.06. The normalized spacial score (nSPS) is 19.0.